The minimum Gasteiger partial charge on any atom is -0.463 e. The van der Waals surface area contributed by atoms with Crippen LogP contribution in [0.1, 0.15) is 17.5 Å². The maximum absolute atomic E-state index is 12.1. The van der Waals surface area contributed by atoms with Gasteiger partial charge in [-0.05, 0) is 25.0 Å². The van der Waals surface area contributed by atoms with Gasteiger partial charge in [-0.3, -0.25) is 9.59 Å². The molecule has 4 nitrogen and oxygen atoms in total. The summed E-state index contributed by atoms with van der Waals surface area (Å²) in [6.07, 6.45) is 0.219. The Bertz CT molecular complexity index is 495. The largest absolute Gasteiger partial charge is 0.463 e. The van der Waals surface area contributed by atoms with E-state index in [-0.39, 0.29) is 36.8 Å². The van der Waals surface area contributed by atoms with E-state index < -0.39 is 0 Å². The first-order valence-corrected chi connectivity index (χ1v) is 6.68. The Morgan fingerprint density at radius 1 is 1.42 bits per heavy atom. The zero-order valence-electron chi connectivity index (χ0n) is 11.0. The van der Waals surface area contributed by atoms with Gasteiger partial charge in [0, 0.05) is 5.69 Å². The Labute approximate surface area is 117 Å². The number of esters is 1. The first-order chi connectivity index (χ1) is 9.04. The minimum absolute atomic E-state index is 0.113. The number of alkyl halides is 1. The van der Waals surface area contributed by atoms with Crippen LogP contribution in [0.5, 0.6) is 0 Å². The Morgan fingerprint density at radius 2 is 2.05 bits per heavy atom. The average molecular weight is 282 g/mol. The third kappa shape index (κ3) is 2.73. The fraction of sp³-hybridized carbons (Fsp3) is 0.429. The molecule has 5 heteroatoms. The predicted octanol–water partition coefficient (Wildman–Crippen LogP) is 2.19. The van der Waals surface area contributed by atoms with E-state index in [1.54, 1.807) is 4.90 Å². The third-order valence-corrected chi connectivity index (χ3v) is 3.50. The standard InChI is InChI=1S/C14H16ClNO3/c1-9-4-3-5-10(2)14(9)16(12(17)7-15)11-6-13(18)19-8-11/h3-5,11H,6-8H2,1-2H3. The highest BCUT2D eigenvalue weighted by atomic mass is 35.5. The van der Waals surface area contributed by atoms with Crippen LogP contribution in [0.2, 0.25) is 0 Å². The SMILES string of the molecule is Cc1cccc(C)c1N(C(=O)CCl)C1COC(=O)C1. The number of nitrogens with zero attached hydrogens (tertiary/aromatic N) is 1. The lowest BCUT2D eigenvalue weighted by molar-refractivity contribution is -0.138. The number of benzene rings is 1. The molecular formula is C14H16ClNO3. The minimum atomic E-state index is -0.274. The molecule has 0 N–H and O–H groups in total. The Hall–Kier alpha value is -1.55. The van der Waals surface area contributed by atoms with Crippen molar-refractivity contribution >= 4 is 29.2 Å². The normalized spacial score (nSPS) is 18.3. The van der Waals surface area contributed by atoms with E-state index in [0.717, 1.165) is 16.8 Å². The fourth-order valence-electron chi connectivity index (χ4n) is 2.43. The van der Waals surface area contributed by atoms with Crippen LogP contribution in [0.25, 0.3) is 0 Å². The number of aryl methyl sites for hydroxylation is 2. The monoisotopic (exact) mass is 281 g/mol. The van der Waals surface area contributed by atoms with Crippen molar-refractivity contribution < 1.29 is 14.3 Å². The van der Waals surface area contributed by atoms with Gasteiger partial charge >= 0.3 is 5.97 Å². The van der Waals surface area contributed by atoms with Crippen LogP contribution in [0.15, 0.2) is 18.2 Å². The highest BCUT2D eigenvalue weighted by molar-refractivity contribution is 6.29. The summed E-state index contributed by atoms with van der Waals surface area (Å²) in [5, 5.41) is 0. The van der Waals surface area contributed by atoms with Crippen molar-refractivity contribution in [2.24, 2.45) is 0 Å². The molecule has 1 amide bonds. The molecule has 1 aromatic carbocycles. The number of anilines is 1. The molecule has 102 valence electrons. The first-order valence-electron chi connectivity index (χ1n) is 6.14. The van der Waals surface area contributed by atoms with E-state index in [9.17, 15) is 9.59 Å². The number of para-hydroxylation sites is 1. The maximum atomic E-state index is 12.1. The Morgan fingerprint density at radius 3 is 2.53 bits per heavy atom. The molecular weight excluding hydrogens is 266 g/mol. The Kier molecular flexibility index (Phi) is 4.10. The van der Waals surface area contributed by atoms with Gasteiger partial charge in [-0.15, -0.1) is 11.6 Å². The fourth-order valence-corrected chi connectivity index (χ4v) is 2.55. The molecule has 0 bridgehead atoms. The van der Waals surface area contributed by atoms with Crippen LogP contribution in [-0.4, -0.2) is 30.4 Å². The molecule has 1 unspecified atom stereocenters. The molecule has 0 radical (unpaired) electrons. The second-order valence-corrected chi connectivity index (χ2v) is 4.95. The van der Waals surface area contributed by atoms with Gasteiger partial charge < -0.3 is 9.64 Å². The van der Waals surface area contributed by atoms with Gasteiger partial charge in [-0.25, -0.2) is 0 Å². The second-order valence-electron chi connectivity index (χ2n) is 4.68. The number of hydrogen-bond acceptors (Lipinski definition) is 3. The lowest BCUT2D eigenvalue weighted by atomic mass is 10.1. The van der Waals surface area contributed by atoms with Gasteiger partial charge in [-0.1, -0.05) is 18.2 Å². The third-order valence-electron chi connectivity index (χ3n) is 3.27. The molecule has 0 aliphatic carbocycles. The van der Waals surface area contributed by atoms with Crippen molar-refractivity contribution in [2.75, 3.05) is 17.4 Å². The van der Waals surface area contributed by atoms with Gasteiger partial charge in [0.1, 0.15) is 12.5 Å². The molecule has 0 aromatic heterocycles. The van der Waals surface area contributed by atoms with Crippen molar-refractivity contribution in [3.63, 3.8) is 0 Å². The number of rotatable bonds is 3. The quantitative estimate of drug-likeness (QED) is 0.630. The van der Waals surface area contributed by atoms with E-state index in [2.05, 4.69) is 0 Å². The van der Waals surface area contributed by atoms with Crippen LogP contribution < -0.4 is 4.90 Å². The van der Waals surface area contributed by atoms with Crippen LogP contribution in [0.4, 0.5) is 5.69 Å². The predicted molar refractivity (Wildman–Crippen MR) is 73.5 cm³/mol. The lowest BCUT2D eigenvalue weighted by Gasteiger charge is -2.29. The van der Waals surface area contributed by atoms with Crippen LogP contribution in [-0.2, 0) is 14.3 Å². The lowest BCUT2D eigenvalue weighted by Crippen LogP contribution is -2.42. The molecule has 1 saturated heterocycles. The van der Waals surface area contributed by atoms with Crippen molar-refractivity contribution in [3.8, 4) is 0 Å². The van der Waals surface area contributed by atoms with E-state index >= 15 is 0 Å². The number of amides is 1. The molecule has 2 rings (SSSR count). The summed E-state index contributed by atoms with van der Waals surface area (Å²) in [5.74, 6) is -0.593. The molecule has 0 saturated carbocycles. The summed E-state index contributed by atoms with van der Waals surface area (Å²) < 4.78 is 4.97. The summed E-state index contributed by atoms with van der Waals surface area (Å²) in [5.41, 5.74) is 2.80. The summed E-state index contributed by atoms with van der Waals surface area (Å²) in [6, 6.07) is 5.55. The van der Waals surface area contributed by atoms with Crippen molar-refractivity contribution in [2.45, 2.75) is 26.3 Å². The first kappa shape index (κ1) is 13.9. The van der Waals surface area contributed by atoms with E-state index in [4.69, 9.17) is 16.3 Å². The van der Waals surface area contributed by atoms with E-state index in [1.807, 2.05) is 32.0 Å². The topological polar surface area (TPSA) is 46.6 Å². The van der Waals surface area contributed by atoms with Gasteiger partial charge in [-0.2, -0.15) is 0 Å². The molecule has 1 aliphatic rings. The number of carbonyl (C=O) groups is 2. The van der Waals surface area contributed by atoms with Crippen LogP contribution >= 0.6 is 11.6 Å². The molecule has 1 atom stereocenters. The number of carbonyl (C=O) groups excluding carboxylic acids is 2. The molecule has 1 aliphatic heterocycles. The second kappa shape index (κ2) is 5.61. The van der Waals surface area contributed by atoms with Crippen molar-refractivity contribution in [3.05, 3.63) is 29.3 Å². The summed E-state index contributed by atoms with van der Waals surface area (Å²) >= 11 is 5.70. The molecule has 1 heterocycles. The van der Waals surface area contributed by atoms with Crippen molar-refractivity contribution in [1.82, 2.24) is 0 Å². The zero-order chi connectivity index (χ0) is 14.0. The van der Waals surface area contributed by atoms with Crippen LogP contribution in [0, 0.1) is 13.8 Å². The molecule has 1 fully saturated rings. The van der Waals surface area contributed by atoms with E-state index in [1.165, 1.54) is 0 Å². The van der Waals surface area contributed by atoms with Crippen LogP contribution in [0.3, 0.4) is 0 Å². The smallest absolute Gasteiger partial charge is 0.308 e. The molecule has 1 aromatic rings. The number of ether oxygens (including phenoxy) is 1. The molecule has 19 heavy (non-hydrogen) atoms. The van der Waals surface area contributed by atoms with Crippen molar-refractivity contribution in [1.29, 1.82) is 0 Å². The number of halogens is 1. The van der Waals surface area contributed by atoms with Gasteiger partial charge in [0.25, 0.3) is 0 Å². The number of cyclic esters (lactones) is 1. The highest BCUT2D eigenvalue weighted by Crippen LogP contribution is 2.29. The number of hydrogen-bond donors (Lipinski definition) is 0. The average Bonchev–Trinajstić information content (AvgIpc) is 2.79. The summed E-state index contributed by atoms with van der Waals surface area (Å²) in [4.78, 5) is 25.0. The highest BCUT2D eigenvalue weighted by Gasteiger charge is 2.34. The maximum Gasteiger partial charge on any atom is 0.308 e. The summed E-state index contributed by atoms with van der Waals surface area (Å²) in [6.45, 7) is 4.11. The van der Waals surface area contributed by atoms with Gasteiger partial charge in [0.05, 0.1) is 12.5 Å². The van der Waals surface area contributed by atoms with E-state index in [0.29, 0.717) is 0 Å². The van der Waals surface area contributed by atoms with Gasteiger partial charge in [0.2, 0.25) is 5.91 Å². The Balaban J connectivity index is 2.43. The zero-order valence-corrected chi connectivity index (χ0v) is 11.7. The molecule has 0 spiro atoms. The van der Waals surface area contributed by atoms with Gasteiger partial charge in [0.15, 0.2) is 0 Å². The summed E-state index contributed by atoms with van der Waals surface area (Å²) in [7, 11) is 0.